The molecule has 2 heterocycles. The van der Waals surface area contributed by atoms with Crippen LogP contribution in [0.1, 0.15) is 67.3 Å². The maximum atomic E-state index is 15.1. The lowest BCUT2D eigenvalue weighted by atomic mass is 9.70. The minimum absolute atomic E-state index is 0.121. The van der Waals surface area contributed by atoms with Crippen molar-refractivity contribution in [3.05, 3.63) is 47.3 Å². The van der Waals surface area contributed by atoms with Crippen LogP contribution in [0.25, 0.3) is 0 Å². The van der Waals surface area contributed by atoms with Crippen molar-refractivity contribution in [1.82, 2.24) is 0 Å². The summed E-state index contributed by atoms with van der Waals surface area (Å²) in [4.78, 5) is 19.9. The Kier molecular flexibility index (Phi) is 6.84. The van der Waals surface area contributed by atoms with Gasteiger partial charge in [0.2, 0.25) is 15.9 Å². The second kappa shape index (κ2) is 10.0. The van der Waals surface area contributed by atoms with E-state index in [9.17, 15) is 22.0 Å². The first-order chi connectivity index (χ1) is 19.4. The van der Waals surface area contributed by atoms with E-state index in [0.29, 0.717) is 35.3 Å². The van der Waals surface area contributed by atoms with Gasteiger partial charge >= 0.3 is 0 Å². The number of aliphatic imine (C=N–C) groups is 1. The zero-order chi connectivity index (χ0) is 29.0. The van der Waals surface area contributed by atoms with Crippen LogP contribution in [0.5, 0.6) is 0 Å². The maximum Gasteiger partial charge on any atom is 0.257 e. The van der Waals surface area contributed by atoms with Crippen LogP contribution in [0.3, 0.4) is 0 Å². The van der Waals surface area contributed by atoms with Gasteiger partial charge in [0, 0.05) is 43.2 Å². The molecular weight excluding hydrogens is 557 g/mol. The molecule has 4 aliphatic rings. The Morgan fingerprint density at radius 2 is 1.68 bits per heavy atom. The van der Waals surface area contributed by atoms with E-state index in [1.165, 1.54) is 31.0 Å². The van der Waals surface area contributed by atoms with Crippen LogP contribution in [-0.2, 0) is 15.4 Å². The van der Waals surface area contributed by atoms with Gasteiger partial charge in [0.25, 0.3) is 5.91 Å². The van der Waals surface area contributed by atoms with Crippen molar-refractivity contribution in [3.8, 4) is 0 Å². The van der Waals surface area contributed by atoms with E-state index in [4.69, 9.17) is 5.11 Å². The Morgan fingerprint density at radius 3 is 2.34 bits per heavy atom. The maximum absolute atomic E-state index is 15.1. The number of carbonyl (C=O) groups excluding carboxylic acids is 1. The lowest BCUT2D eigenvalue weighted by Crippen LogP contribution is -2.36. The Hall–Kier alpha value is -3.12. The predicted octanol–water partition coefficient (Wildman–Crippen LogP) is 5.36. The number of hydrogen-bond donors (Lipinski definition) is 3. The van der Waals surface area contributed by atoms with E-state index in [0.717, 1.165) is 12.8 Å². The molecule has 0 radical (unpaired) electrons. The van der Waals surface area contributed by atoms with E-state index < -0.39 is 45.4 Å². The number of halogens is 3. The summed E-state index contributed by atoms with van der Waals surface area (Å²) in [6, 6.07) is 7.43. The molecule has 0 unspecified atom stereocenters. The molecule has 2 aliphatic heterocycles. The van der Waals surface area contributed by atoms with E-state index in [1.807, 2.05) is 0 Å². The number of rotatable bonds is 7. The molecule has 1 saturated heterocycles. The number of aliphatic hydroxyl groups is 1. The largest absolute Gasteiger partial charge is 0.395 e. The normalized spacial score (nSPS) is 21.6. The average Bonchev–Trinajstić information content (AvgIpc) is 3.57. The first-order valence-corrected chi connectivity index (χ1v) is 15.7. The van der Waals surface area contributed by atoms with Crippen molar-refractivity contribution in [3.63, 3.8) is 0 Å². The molecule has 6 rings (SSSR count). The highest BCUT2D eigenvalue weighted by Crippen LogP contribution is 2.54. The van der Waals surface area contributed by atoms with Gasteiger partial charge in [0.15, 0.2) is 5.82 Å². The highest BCUT2D eigenvalue weighted by molar-refractivity contribution is 7.92. The number of benzene rings is 2. The number of nitrogens with zero attached hydrogens (tertiary/aromatic N) is 2. The smallest absolute Gasteiger partial charge is 0.257 e. The predicted molar refractivity (Wildman–Crippen MR) is 152 cm³/mol. The fourth-order valence-corrected chi connectivity index (χ4v) is 7.23. The summed E-state index contributed by atoms with van der Waals surface area (Å²) in [5.41, 5.74) is 1.53. The molecule has 2 saturated carbocycles. The van der Waals surface area contributed by atoms with E-state index in [1.54, 1.807) is 18.3 Å². The molecule has 1 amide bonds. The number of alkyl halides is 2. The monoisotopic (exact) mass is 590 g/mol. The van der Waals surface area contributed by atoms with Crippen molar-refractivity contribution in [1.29, 1.82) is 0 Å². The summed E-state index contributed by atoms with van der Waals surface area (Å²) >= 11 is 0. The molecule has 0 atom stereocenters. The number of fused-ring (bicyclic) bond motifs is 2. The molecular formula is C29H33F3N4O4S. The van der Waals surface area contributed by atoms with Crippen LogP contribution in [-0.4, -0.2) is 57.0 Å². The van der Waals surface area contributed by atoms with Gasteiger partial charge in [-0.3, -0.25) is 14.5 Å². The van der Waals surface area contributed by atoms with Crippen LogP contribution in [0.2, 0.25) is 0 Å². The van der Waals surface area contributed by atoms with Crippen molar-refractivity contribution < 1.29 is 31.5 Å². The lowest BCUT2D eigenvalue weighted by molar-refractivity contribution is -0.0432. The molecule has 3 fully saturated rings. The minimum Gasteiger partial charge on any atom is -0.395 e. The fraction of sp³-hybridized carbons (Fsp3) is 0.517. The number of anilines is 3. The van der Waals surface area contributed by atoms with Gasteiger partial charge in [-0.25, -0.2) is 21.6 Å². The number of sulfonamides is 1. The summed E-state index contributed by atoms with van der Waals surface area (Å²) in [6.45, 7) is 0.902. The van der Waals surface area contributed by atoms with Crippen LogP contribution in [0.15, 0.2) is 35.3 Å². The Bertz CT molecular complexity index is 1500. The zero-order valence-electron chi connectivity index (χ0n) is 22.6. The third kappa shape index (κ3) is 5.55. The highest BCUT2D eigenvalue weighted by Gasteiger charge is 2.47. The van der Waals surface area contributed by atoms with Crippen LogP contribution >= 0.6 is 0 Å². The zero-order valence-corrected chi connectivity index (χ0v) is 23.4. The van der Waals surface area contributed by atoms with Gasteiger partial charge in [0.05, 0.1) is 29.3 Å². The minimum atomic E-state index is -3.77. The van der Waals surface area contributed by atoms with Crippen LogP contribution in [0.4, 0.5) is 35.9 Å². The quantitative estimate of drug-likeness (QED) is 0.403. The second-order valence-corrected chi connectivity index (χ2v) is 13.8. The van der Waals surface area contributed by atoms with Crippen LogP contribution < -0.4 is 14.9 Å². The summed E-state index contributed by atoms with van der Waals surface area (Å²) < 4.78 is 69.9. The molecule has 12 heteroatoms. The van der Waals surface area contributed by atoms with Crippen molar-refractivity contribution in [2.45, 2.75) is 62.7 Å². The lowest BCUT2D eigenvalue weighted by Gasteiger charge is -2.36. The number of piperidine rings is 1. The summed E-state index contributed by atoms with van der Waals surface area (Å²) in [5.74, 6) is -4.35. The van der Waals surface area contributed by atoms with Crippen molar-refractivity contribution >= 4 is 44.9 Å². The molecule has 2 aliphatic carbocycles. The average molecular weight is 591 g/mol. The molecule has 41 heavy (non-hydrogen) atoms. The molecule has 220 valence electrons. The summed E-state index contributed by atoms with van der Waals surface area (Å²) in [5, 5.41) is 11.9. The van der Waals surface area contributed by atoms with Crippen LogP contribution in [0, 0.1) is 11.2 Å². The third-order valence-corrected chi connectivity index (χ3v) is 10.4. The van der Waals surface area contributed by atoms with Gasteiger partial charge in [-0.1, -0.05) is 0 Å². The number of hydrogen-bond acceptors (Lipinski definition) is 6. The van der Waals surface area contributed by atoms with Crippen molar-refractivity contribution in [2.75, 3.05) is 40.4 Å². The topological polar surface area (TPSA) is 111 Å². The number of carbonyl (C=O) groups is 1. The Labute approximate surface area is 237 Å². The first kappa shape index (κ1) is 28.0. The molecule has 8 nitrogen and oxygen atoms in total. The molecule has 0 bridgehead atoms. The first-order valence-electron chi connectivity index (χ1n) is 14.0. The third-order valence-electron chi connectivity index (χ3n) is 9.17. The fourth-order valence-electron chi connectivity index (χ4n) is 6.40. The van der Waals surface area contributed by atoms with Gasteiger partial charge < -0.3 is 15.3 Å². The Morgan fingerprint density at radius 1 is 0.976 bits per heavy atom. The molecule has 2 aromatic rings. The standard InChI is InChI=1S/C29H33F3N4O4S/c30-23-16-20(15-22-25(23)33-18-28(22)5-7-29(31,32)8-6-28)34-26(38)21-2-1-19(35-41(39,40)14-13-37)17-24(21)36-11-9-27(3-4-27)10-12-36/h1-2,15-18,35,37H,3-14H2,(H,34,38). The summed E-state index contributed by atoms with van der Waals surface area (Å²) in [6.07, 6.45) is 5.57. The van der Waals surface area contributed by atoms with E-state index in [2.05, 4.69) is 19.9 Å². The molecule has 2 aromatic carbocycles. The number of nitrogens with one attached hydrogen (secondary N) is 2. The van der Waals surface area contributed by atoms with Gasteiger partial charge in [-0.05, 0) is 79.8 Å². The highest BCUT2D eigenvalue weighted by atomic mass is 32.2. The second-order valence-electron chi connectivity index (χ2n) is 11.9. The van der Waals surface area contributed by atoms with E-state index in [-0.39, 0.29) is 42.7 Å². The van der Waals surface area contributed by atoms with Gasteiger partial charge in [-0.15, -0.1) is 0 Å². The van der Waals surface area contributed by atoms with E-state index >= 15 is 4.39 Å². The van der Waals surface area contributed by atoms with Gasteiger partial charge in [-0.2, -0.15) is 0 Å². The molecule has 0 aromatic heterocycles. The molecule has 3 N–H and O–H groups in total. The number of amides is 1. The van der Waals surface area contributed by atoms with Crippen molar-refractivity contribution in [2.24, 2.45) is 10.4 Å². The summed E-state index contributed by atoms with van der Waals surface area (Å²) in [7, 11) is -3.77. The number of aliphatic hydroxyl groups excluding tert-OH is 1. The SMILES string of the molecule is O=C(Nc1cc(F)c2c(c1)C1(C=N2)CCC(F)(F)CC1)c1ccc(NS(=O)(=O)CCO)cc1N1CCC2(CC1)CC2. The Balaban J connectivity index is 1.28. The molecule has 2 spiro atoms. The van der Waals surface area contributed by atoms with Gasteiger partial charge in [0.1, 0.15) is 5.69 Å².